The zero-order valence-corrected chi connectivity index (χ0v) is 18.5. The molecule has 1 aliphatic carbocycles. The Kier molecular flexibility index (Phi) is 6.22. The Morgan fingerprint density at radius 1 is 0.875 bits per heavy atom. The highest BCUT2D eigenvalue weighted by Crippen LogP contribution is 2.41. The lowest BCUT2D eigenvalue weighted by molar-refractivity contribution is 0.102. The lowest BCUT2D eigenvalue weighted by Crippen LogP contribution is -2.29. The molecule has 1 saturated carbocycles. The molecule has 1 aliphatic heterocycles. The second-order valence-electron chi connectivity index (χ2n) is 8.99. The van der Waals surface area contributed by atoms with Gasteiger partial charge in [0.25, 0.3) is 5.91 Å². The van der Waals surface area contributed by atoms with E-state index >= 15 is 0 Å². The van der Waals surface area contributed by atoms with Gasteiger partial charge in [-0.1, -0.05) is 48.5 Å². The minimum atomic E-state index is -0.0505. The molecule has 1 heterocycles. The fourth-order valence-electron chi connectivity index (χ4n) is 4.65. The van der Waals surface area contributed by atoms with Gasteiger partial charge < -0.3 is 15.5 Å². The normalized spacial score (nSPS) is 20.1. The zero-order chi connectivity index (χ0) is 21.8. The van der Waals surface area contributed by atoms with Gasteiger partial charge in [-0.05, 0) is 67.1 Å². The van der Waals surface area contributed by atoms with E-state index in [0.717, 1.165) is 31.0 Å². The highest BCUT2D eigenvalue weighted by Gasteiger charge is 2.37. The van der Waals surface area contributed by atoms with Crippen LogP contribution in [0, 0.1) is 0 Å². The van der Waals surface area contributed by atoms with Crippen molar-refractivity contribution in [3.63, 3.8) is 0 Å². The smallest absolute Gasteiger partial charge is 0.255 e. The molecule has 2 atom stereocenters. The van der Waals surface area contributed by atoms with E-state index in [1.54, 1.807) is 0 Å². The molecule has 0 spiro atoms. The third kappa shape index (κ3) is 5.03. The number of piperidine rings is 1. The van der Waals surface area contributed by atoms with E-state index in [2.05, 4.69) is 64.1 Å². The van der Waals surface area contributed by atoms with E-state index in [1.165, 1.54) is 36.8 Å². The van der Waals surface area contributed by atoms with E-state index < -0.39 is 0 Å². The summed E-state index contributed by atoms with van der Waals surface area (Å²) in [6.07, 6.45) is 4.93. The first-order chi connectivity index (χ1) is 15.8. The number of carbonyl (C=O) groups is 1. The Hall–Kier alpha value is -3.11. The molecule has 0 aromatic heterocycles. The summed E-state index contributed by atoms with van der Waals surface area (Å²) in [5, 5.41) is 6.71. The summed E-state index contributed by atoms with van der Waals surface area (Å²) in [6.45, 7) is 3.07. The molecule has 2 aliphatic rings. The average molecular weight is 426 g/mol. The minimum Gasteiger partial charge on any atom is -0.372 e. The first-order valence-corrected chi connectivity index (χ1v) is 11.8. The van der Waals surface area contributed by atoms with Crippen LogP contribution in [0.1, 0.15) is 53.1 Å². The second kappa shape index (κ2) is 9.58. The summed E-state index contributed by atoms with van der Waals surface area (Å²) in [6, 6.07) is 27.4. The number of hydrogen-bond donors (Lipinski definition) is 2. The Labute approximate surface area is 190 Å². The lowest BCUT2D eigenvalue weighted by atomic mass is 10.1. The Morgan fingerprint density at radius 2 is 1.66 bits per heavy atom. The average Bonchev–Trinajstić information content (AvgIpc) is 3.64. The van der Waals surface area contributed by atoms with Crippen LogP contribution in [0.25, 0.3) is 0 Å². The number of nitrogens with zero attached hydrogens (tertiary/aromatic N) is 1. The van der Waals surface area contributed by atoms with Crippen LogP contribution in [0.4, 0.5) is 11.4 Å². The number of carbonyl (C=O) groups excluding carboxylic acids is 1. The van der Waals surface area contributed by atoms with Gasteiger partial charge in [0.15, 0.2) is 0 Å². The Bertz CT molecular complexity index is 1040. The maximum Gasteiger partial charge on any atom is 0.255 e. The molecular weight excluding hydrogens is 394 g/mol. The van der Waals surface area contributed by atoms with Crippen molar-refractivity contribution in [2.75, 3.05) is 23.3 Å². The molecule has 0 bridgehead atoms. The molecule has 0 radical (unpaired) electrons. The molecule has 4 heteroatoms. The minimum absolute atomic E-state index is 0.0505. The maximum absolute atomic E-state index is 12.8. The number of benzene rings is 3. The summed E-state index contributed by atoms with van der Waals surface area (Å²) >= 11 is 0. The third-order valence-electron chi connectivity index (χ3n) is 6.63. The largest absolute Gasteiger partial charge is 0.372 e. The number of hydrogen-bond acceptors (Lipinski definition) is 3. The van der Waals surface area contributed by atoms with Gasteiger partial charge in [-0.15, -0.1) is 0 Å². The van der Waals surface area contributed by atoms with Crippen molar-refractivity contribution >= 4 is 17.3 Å². The van der Waals surface area contributed by atoms with Gasteiger partial charge in [-0.2, -0.15) is 0 Å². The van der Waals surface area contributed by atoms with Crippen LogP contribution >= 0.6 is 0 Å². The first-order valence-electron chi connectivity index (χ1n) is 11.8. The molecule has 0 unspecified atom stereocenters. The highest BCUT2D eigenvalue weighted by atomic mass is 16.1. The fraction of sp³-hybridized carbons (Fsp3) is 0.321. The van der Waals surface area contributed by atoms with Gasteiger partial charge in [0.1, 0.15) is 0 Å². The van der Waals surface area contributed by atoms with Gasteiger partial charge in [0.2, 0.25) is 0 Å². The summed E-state index contributed by atoms with van der Waals surface area (Å²) in [5.41, 5.74) is 5.36. The number of rotatable bonds is 7. The fourth-order valence-corrected chi connectivity index (χ4v) is 4.65. The zero-order valence-electron chi connectivity index (χ0n) is 18.5. The van der Waals surface area contributed by atoms with E-state index in [9.17, 15) is 4.79 Å². The third-order valence-corrected chi connectivity index (χ3v) is 6.63. The highest BCUT2D eigenvalue weighted by molar-refractivity contribution is 6.04. The summed E-state index contributed by atoms with van der Waals surface area (Å²) in [5.74, 6) is 0.509. The molecule has 32 heavy (non-hydrogen) atoms. The standard InChI is InChI=1S/C28H31N3O/c32-28(23-10-7-11-25(18-23)31-16-5-2-6-17-31)30-24-14-12-22(13-15-24)26-19-27(26)29-20-21-8-3-1-4-9-21/h1,3-4,7-15,18,26-27,29H,2,5-6,16-17,19-20H2,(H,30,32)/t26-,27+/m0/s1. The number of nitrogens with one attached hydrogen (secondary N) is 2. The van der Waals surface area contributed by atoms with Crippen LogP contribution in [-0.4, -0.2) is 25.0 Å². The van der Waals surface area contributed by atoms with Crippen molar-refractivity contribution in [2.45, 2.75) is 44.2 Å². The van der Waals surface area contributed by atoms with Crippen LogP contribution in [0.3, 0.4) is 0 Å². The topological polar surface area (TPSA) is 44.4 Å². The van der Waals surface area contributed by atoms with Crippen molar-refractivity contribution in [2.24, 2.45) is 0 Å². The summed E-state index contributed by atoms with van der Waals surface area (Å²) < 4.78 is 0. The van der Waals surface area contributed by atoms with Crippen molar-refractivity contribution in [3.05, 3.63) is 95.6 Å². The lowest BCUT2D eigenvalue weighted by Gasteiger charge is -2.29. The van der Waals surface area contributed by atoms with Crippen molar-refractivity contribution < 1.29 is 4.79 Å². The molecule has 2 N–H and O–H groups in total. The van der Waals surface area contributed by atoms with Crippen molar-refractivity contribution in [1.29, 1.82) is 0 Å². The molecule has 5 rings (SSSR count). The van der Waals surface area contributed by atoms with Gasteiger partial charge in [0, 0.05) is 48.5 Å². The predicted molar refractivity (Wildman–Crippen MR) is 131 cm³/mol. The van der Waals surface area contributed by atoms with Gasteiger partial charge in [-0.3, -0.25) is 4.79 Å². The SMILES string of the molecule is O=C(Nc1ccc([C@@H]2C[C@H]2NCc2ccccc2)cc1)c1cccc(N2CCCCC2)c1. The van der Waals surface area contributed by atoms with Gasteiger partial charge >= 0.3 is 0 Å². The van der Waals surface area contributed by atoms with E-state index in [-0.39, 0.29) is 5.91 Å². The maximum atomic E-state index is 12.8. The number of amides is 1. The molecular formula is C28H31N3O. The Balaban J connectivity index is 1.15. The van der Waals surface area contributed by atoms with E-state index in [4.69, 9.17) is 0 Å². The first kappa shape index (κ1) is 20.8. The number of anilines is 2. The van der Waals surface area contributed by atoms with E-state index in [0.29, 0.717) is 17.5 Å². The van der Waals surface area contributed by atoms with Crippen LogP contribution in [0.2, 0.25) is 0 Å². The summed E-state index contributed by atoms with van der Waals surface area (Å²) in [7, 11) is 0. The predicted octanol–water partition coefficient (Wildman–Crippen LogP) is 5.57. The molecule has 2 fully saturated rings. The molecule has 3 aromatic carbocycles. The van der Waals surface area contributed by atoms with Gasteiger partial charge in [-0.25, -0.2) is 0 Å². The summed E-state index contributed by atoms with van der Waals surface area (Å²) in [4.78, 5) is 15.2. The van der Waals surface area contributed by atoms with Crippen LogP contribution in [0.15, 0.2) is 78.9 Å². The van der Waals surface area contributed by atoms with Crippen molar-refractivity contribution in [1.82, 2.24) is 5.32 Å². The quantitative estimate of drug-likeness (QED) is 0.520. The van der Waals surface area contributed by atoms with Crippen LogP contribution in [0.5, 0.6) is 0 Å². The van der Waals surface area contributed by atoms with Crippen LogP contribution in [-0.2, 0) is 6.54 Å². The molecule has 1 amide bonds. The van der Waals surface area contributed by atoms with Gasteiger partial charge in [0.05, 0.1) is 0 Å². The molecule has 164 valence electrons. The van der Waals surface area contributed by atoms with Crippen LogP contribution < -0.4 is 15.5 Å². The van der Waals surface area contributed by atoms with Crippen molar-refractivity contribution in [3.8, 4) is 0 Å². The van der Waals surface area contributed by atoms with E-state index in [1.807, 2.05) is 30.3 Å². The second-order valence-corrected chi connectivity index (χ2v) is 8.99. The monoisotopic (exact) mass is 425 g/mol. The molecule has 3 aromatic rings. The molecule has 1 saturated heterocycles. The Morgan fingerprint density at radius 3 is 2.44 bits per heavy atom. The molecule has 4 nitrogen and oxygen atoms in total.